The van der Waals surface area contributed by atoms with Gasteiger partial charge < -0.3 is 51.9 Å². The maximum atomic E-state index is 12.8. The largest absolute Gasteiger partial charge is 0.481 e. The van der Waals surface area contributed by atoms with Crippen molar-refractivity contribution in [1.29, 1.82) is 0 Å². The molecule has 7 fully saturated rings. The Kier molecular flexibility index (Phi) is 53.6. The number of carboxylic acids is 6. The Balaban J connectivity index is 0.000000255. The number of rotatable bonds is 51. The molecule has 7 aliphatic rings. The topological polar surface area (TPSA) is 340 Å². The number of urea groups is 2. The summed E-state index contributed by atoms with van der Waals surface area (Å²) in [5, 5.41) is 69.4. The van der Waals surface area contributed by atoms with Crippen molar-refractivity contribution in [3.05, 3.63) is 108 Å². The first-order valence-corrected chi connectivity index (χ1v) is 55.2. The molecule has 0 saturated carbocycles. The number of nitrogens with one attached hydrogen (secondary N) is 4. The number of benzene rings is 3. The molecule has 3 aromatic carbocycles. The summed E-state index contributed by atoms with van der Waals surface area (Å²) in [6, 6.07) is 32.3. The third kappa shape index (κ3) is 44.3. The van der Waals surface area contributed by atoms with Crippen LogP contribution in [0.25, 0.3) is 0 Å². The molecule has 3 aromatic rings. The Bertz CT molecular complexity index is 3390. The van der Waals surface area contributed by atoms with E-state index in [1.165, 1.54) is 101 Å². The van der Waals surface area contributed by atoms with Crippen LogP contribution in [0.15, 0.2) is 91.0 Å². The highest BCUT2D eigenvalue weighted by Gasteiger charge is 2.44. The molecule has 10 rings (SSSR count). The third-order valence-corrected chi connectivity index (χ3v) is 38.4. The second kappa shape index (κ2) is 61.1. The smallest absolute Gasteiger partial charge is 0.315 e. The molecule has 7 aliphatic heterocycles. The van der Waals surface area contributed by atoms with Gasteiger partial charge in [0.1, 0.15) is 5.78 Å². The monoisotopic (exact) mass is 1880 g/mol. The normalized spacial score (nSPS) is 22.4. The van der Waals surface area contributed by atoms with Crippen molar-refractivity contribution in [2.75, 3.05) is 56.9 Å². The van der Waals surface area contributed by atoms with Crippen molar-refractivity contribution in [1.82, 2.24) is 21.3 Å². The van der Waals surface area contributed by atoms with E-state index in [0.717, 1.165) is 159 Å². The quantitative estimate of drug-likeness (QED) is 0.0143. The molecule has 7 saturated heterocycles. The van der Waals surface area contributed by atoms with Crippen LogP contribution in [0, 0.1) is 0 Å². The van der Waals surface area contributed by atoms with Crippen molar-refractivity contribution in [2.45, 2.75) is 307 Å². The first kappa shape index (κ1) is 105. The standard InChI is InChI=1S/C29H46N4O6S4.C29H32O4S2.C11H20O2S2.C10H18O2S2.C9H16O2S2/c34-18(7-1-3-9-22-26-20(16-41-22)30-28(38)32-26)15-40-14-13-19(8-2-5-11-24(35)36)43-25(37)12-6-4-10-23-27-21(17-42-23)31-29(39)33-27;30-27(31)19-11-10-18-26(34-22-28(32)33)20-21-35-29(23-12-4-1-5-13-23,24-14-6-2-7-15-24)25-16-8-3-9-17-25;1-11(2)14-8-7-9(15-11)5-3-4-6-10(12)13;1-8-13-7-6-9(14-8)4-2-3-5-10(11)12;10-9(11)4-2-1-3-8-5-6-12-7-13-8/h19-23,26-27H,1-17H2,(H,35,36)(H2,30,32,38)(H2,31,33,39);1-9,12-17,26H,10-11,18-22H2,(H,30,31)(H,32,33);9H,3-8H2,1-2H3,(H,12,13);8-9H,2-7H2,1H3,(H,11,12);8H,1-7H2,(H,10,11). The molecular formula is C88H132N4O16S12. The molecule has 12 unspecified atom stereocenters. The van der Waals surface area contributed by atoms with Gasteiger partial charge in [0.25, 0.3) is 0 Å². The summed E-state index contributed by atoms with van der Waals surface area (Å²) in [6.45, 7) is 6.83. The number of hydrogen-bond acceptors (Lipinski definition) is 22. The van der Waals surface area contributed by atoms with Gasteiger partial charge in [0.2, 0.25) is 0 Å². The van der Waals surface area contributed by atoms with Crippen LogP contribution >= 0.6 is 141 Å². The van der Waals surface area contributed by atoms with Gasteiger partial charge >= 0.3 is 47.9 Å². The van der Waals surface area contributed by atoms with Gasteiger partial charge in [-0.1, -0.05) is 148 Å². The van der Waals surface area contributed by atoms with Crippen LogP contribution in [-0.4, -0.2) is 216 Å². The number of ketones is 1. The van der Waals surface area contributed by atoms with Crippen molar-refractivity contribution < 1.29 is 78.6 Å². The number of thioether (sulfide) groups is 12. The second-order valence-corrected chi connectivity index (χ2v) is 49.2. The molecule has 0 aliphatic carbocycles. The lowest BCUT2D eigenvalue weighted by atomic mass is 9.84. The highest BCUT2D eigenvalue weighted by Crippen LogP contribution is 2.50. The molecule has 12 atom stereocenters. The molecule has 0 spiro atoms. The van der Waals surface area contributed by atoms with Gasteiger partial charge in [0.05, 0.1) is 44.5 Å². The maximum absolute atomic E-state index is 12.8. The Morgan fingerprint density at radius 1 is 0.458 bits per heavy atom. The van der Waals surface area contributed by atoms with E-state index in [-0.39, 0.29) is 76.2 Å². The molecule has 120 heavy (non-hydrogen) atoms. The minimum Gasteiger partial charge on any atom is -0.481 e. The summed E-state index contributed by atoms with van der Waals surface area (Å²) in [7, 11) is 0. The molecular weight excluding hydrogens is 1750 g/mol. The van der Waals surface area contributed by atoms with Crippen molar-refractivity contribution in [3.63, 3.8) is 0 Å². The zero-order chi connectivity index (χ0) is 86.8. The van der Waals surface area contributed by atoms with E-state index in [1.54, 1.807) is 11.8 Å². The number of Topliss-reactive ketones (excluding diaryl/α,β-unsaturated/α-hetero) is 1. The van der Waals surface area contributed by atoms with Gasteiger partial charge in [-0.2, -0.15) is 47.0 Å². The first-order chi connectivity index (χ1) is 57.8. The number of unbranched alkanes of at least 4 members (excludes halogenated alkanes) is 7. The van der Waals surface area contributed by atoms with Gasteiger partial charge in [-0.3, -0.25) is 38.4 Å². The van der Waals surface area contributed by atoms with Crippen LogP contribution in [0.2, 0.25) is 0 Å². The zero-order valence-corrected chi connectivity index (χ0v) is 80.0. The highest BCUT2D eigenvalue weighted by atomic mass is 32.2. The predicted molar refractivity (Wildman–Crippen MR) is 516 cm³/mol. The Hall–Kier alpha value is -3.44. The number of carboxylic acid groups (broad SMARTS) is 6. The van der Waals surface area contributed by atoms with E-state index in [2.05, 4.69) is 138 Å². The number of amides is 4. The Morgan fingerprint density at radius 3 is 1.38 bits per heavy atom. The molecule has 7 heterocycles. The fourth-order valence-corrected chi connectivity index (χ4v) is 32.6. The average Bonchev–Trinajstić information content (AvgIpc) is 1.62. The molecule has 32 heteroatoms. The lowest BCUT2D eigenvalue weighted by Crippen LogP contribution is -2.36. The fraction of sp³-hybridized carbons (Fsp3) is 0.682. The van der Waals surface area contributed by atoms with Crippen LogP contribution < -0.4 is 21.3 Å². The number of fused-ring (bicyclic) bond motifs is 2. The van der Waals surface area contributed by atoms with Gasteiger partial charge in [-0.05, 0) is 188 Å². The summed E-state index contributed by atoms with van der Waals surface area (Å²) in [5.41, 5.74) is 3.62. The van der Waals surface area contributed by atoms with E-state index in [0.29, 0.717) is 65.3 Å². The molecule has 20 nitrogen and oxygen atoms in total. The molecule has 0 aromatic heterocycles. The van der Waals surface area contributed by atoms with Gasteiger partial charge in [0, 0.05) is 103 Å². The SMILES string of the molecule is CC1(C)SCCC(CCCCC(=O)O)S1.CC1SCCC(CCCCC(=O)O)S1.O=C(O)CCCCC(CCSC(c1ccccc1)(c1ccccc1)c1ccccc1)SCC(=O)O.O=C(O)CCCCC(CCSCC(=O)CCCCC1SCC2NC(=O)NC21)SC(=O)CCCCC1SCC2NC(=O)NC21.O=C(O)CCCCC1CCSCS1. The number of carbonyl (C=O) groups is 10. The van der Waals surface area contributed by atoms with Gasteiger partial charge in [-0.25, -0.2) is 9.59 Å². The van der Waals surface area contributed by atoms with E-state index in [9.17, 15) is 53.1 Å². The summed E-state index contributed by atoms with van der Waals surface area (Å²) >= 11 is 22.4. The summed E-state index contributed by atoms with van der Waals surface area (Å²) in [6.07, 6.45) is 27.4. The fourth-order valence-electron chi connectivity index (χ4n) is 15.2. The highest BCUT2D eigenvalue weighted by molar-refractivity contribution is 8.19. The van der Waals surface area contributed by atoms with Crippen molar-refractivity contribution in [2.24, 2.45) is 0 Å². The number of aliphatic carboxylic acids is 6. The number of carbonyl (C=O) groups excluding carboxylic acids is 4. The summed E-state index contributed by atoms with van der Waals surface area (Å²) in [5.74, 6) is 3.81. The average molecular weight is 1890 g/mol. The van der Waals surface area contributed by atoms with Crippen LogP contribution in [0.4, 0.5) is 9.59 Å². The van der Waals surface area contributed by atoms with E-state index in [1.807, 2.05) is 101 Å². The van der Waals surface area contributed by atoms with Gasteiger partial charge in [0.15, 0.2) is 5.12 Å². The van der Waals surface area contributed by atoms with Gasteiger partial charge in [-0.15, -0.1) is 82.3 Å². The molecule has 10 N–H and O–H groups in total. The maximum Gasteiger partial charge on any atom is 0.315 e. The molecule has 4 amide bonds. The van der Waals surface area contributed by atoms with Crippen LogP contribution in [0.1, 0.15) is 249 Å². The number of hydrogen-bond donors (Lipinski definition) is 10. The van der Waals surface area contributed by atoms with Crippen LogP contribution in [0.5, 0.6) is 0 Å². The zero-order valence-electron chi connectivity index (χ0n) is 70.2. The Labute approximate surface area is 764 Å². The Morgan fingerprint density at radius 2 is 0.900 bits per heavy atom. The third-order valence-electron chi connectivity index (χ3n) is 21.4. The summed E-state index contributed by atoms with van der Waals surface area (Å²) in [4.78, 5) is 112. The molecule has 672 valence electrons. The minimum atomic E-state index is -0.814. The van der Waals surface area contributed by atoms with E-state index < -0.39 is 40.6 Å². The summed E-state index contributed by atoms with van der Waals surface area (Å²) < 4.78 is 0.693. The van der Waals surface area contributed by atoms with E-state index in [4.69, 9.17) is 25.5 Å². The van der Waals surface area contributed by atoms with Crippen molar-refractivity contribution in [3.8, 4) is 0 Å². The predicted octanol–water partition coefficient (Wildman–Crippen LogP) is 21.0. The second-order valence-electron chi connectivity index (χ2n) is 31.5. The molecule has 0 radical (unpaired) electrons. The van der Waals surface area contributed by atoms with E-state index >= 15 is 0 Å². The van der Waals surface area contributed by atoms with Crippen LogP contribution in [0.3, 0.4) is 0 Å². The minimum absolute atomic E-state index is 0.0649. The first-order valence-electron chi connectivity index (χ1n) is 42.9. The van der Waals surface area contributed by atoms with Crippen LogP contribution in [-0.2, 0) is 43.1 Å². The van der Waals surface area contributed by atoms with Crippen molar-refractivity contribution >= 4 is 200 Å². The molecule has 0 bridgehead atoms. The lowest BCUT2D eigenvalue weighted by Gasteiger charge is -2.36. The lowest BCUT2D eigenvalue weighted by molar-refractivity contribution is -0.138.